The molecule has 1 aliphatic heterocycles. The fraction of sp³-hybridized carbons (Fsp3) is 0.500. The monoisotopic (exact) mass is 263 g/mol. The maximum Gasteiger partial charge on any atom is 0.255 e. The highest BCUT2D eigenvalue weighted by atomic mass is 16.6. The van der Waals surface area contributed by atoms with Gasteiger partial charge in [0.15, 0.2) is 11.5 Å². The van der Waals surface area contributed by atoms with Crippen molar-refractivity contribution in [1.82, 2.24) is 5.32 Å². The third-order valence-corrected chi connectivity index (χ3v) is 3.45. The standard InChI is InChI=1S/C14H17NO4/c16-11(9-4-5-9)8-15-14(17)10-2-1-3-12-13(10)19-7-6-18-12/h1-3,9,11,16H,4-8H2,(H,15,17). The first-order chi connectivity index (χ1) is 9.25. The number of rotatable bonds is 4. The predicted molar refractivity (Wildman–Crippen MR) is 68.5 cm³/mol. The smallest absolute Gasteiger partial charge is 0.255 e. The molecule has 0 saturated heterocycles. The van der Waals surface area contributed by atoms with E-state index >= 15 is 0 Å². The maximum absolute atomic E-state index is 12.1. The van der Waals surface area contributed by atoms with E-state index in [4.69, 9.17) is 9.47 Å². The Morgan fingerprint density at radius 3 is 2.95 bits per heavy atom. The van der Waals surface area contributed by atoms with Gasteiger partial charge in [-0.05, 0) is 30.9 Å². The van der Waals surface area contributed by atoms with Crippen molar-refractivity contribution in [2.75, 3.05) is 19.8 Å². The van der Waals surface area contributed by atoms with Crippen molar-refractivity contribution in [3.05, 3.63) is 23.8 Å². The number of carbonyl (C=O) groups excluding carboxylic acids is 1. The van der Waals surface area contributed by atoms with Crippen LogP contribution in [0.4, 0.5) is 0 Å². The lowest BCUT2D eigenvalue weighted by Gasteiger charge is -2.20. The lowest BCUT2D eigenvalue weighted by Crippen LogP contribution is -2.33. The topological polar surface area (TPSA) is 67.8 Å². The van der Waals surface area contributed by atoms with E-state index in [9.17, 15) is 9.90 Å². The van der Waals surface area contributed by atoms with E-state index in [2.05, 4.69) is 5.32 Å². The molecule has 1 fully saturated rings. The van der Waals surface area contributed by atoms with Crippen molar-refractivity contribution < 1.29 is 19.4 Å². The third-order valence-electron chi connectivity index (χ3n) is 3.45. The van der Waals surface area contributed by atoms with Crippen molar-refractivity contribution in [1.29, 1.82) is 0 Å². The lowest BCUT2D eigenvalue weighted by molar-refractivity contribution is 0.0891. The molecule has 1 saturated carbocycles. The van der Waals surface area contributed by atoms with Crippen LogP contribution in [-0.2, 0) is 0 Å². The fourth-order valence-corrected chi connectivity index (χ4v) is 2.19. The number of carbonyl (C=O) groups is 1. The van der Waals surface area contributed by atoms with E-state index in [0.29, 0.717) is 36.2 Å². The number of para-hydroxylation sites is 1. The molecule has 2 N–H and O–H groups in total. The molecule has 1 aromatic rings. The molecule has 1 aromatic carbocycles. The Labute approximate surface area is 111 Å². The number of amides is 1. The van der Waals surface area contributed by atoms with Crippen LogP contribution in [0.2, 0.25) is 0 Å². The van der Waals surface area contributed by atoms with Gasteiger partial charge in [0.2, 0.25) is 0 Å². The molecule has 0 aromatic heterocycles. The van der Waals surface area contributed by atoms with Gasteiger partial charge in [0.05, 0.1) is 11.7 Å². The number of aliphatic hydroxyl groups excluding tert-OH is 1. The van der Waals surface area contributed by atoms with Gasteiger partial charge in [0.1, 0.15) is 13.2 Å². The van der Waals surface area contributed by atoms with E-state index in [1.54, 1.807) is 18.2 Å². The number of fused-ring (bicyclic) bond motifs is 1. The molecule has 3 rings (SSSR count). The van der Waals surface area contributed by atoms with E-state index < -0.39 is 6.10 Å². The number of hydrogen-bond acceptors (Lipinski definition) is 4. The summed E-state index contributed by atoms with van der Waals surface area (Å²) >= 11 is 0. The second kappa shape index (κ2) is 5.09. The number of ether oxygens (including phenoxy) is 2. The summed E-state index contributed by atoms with van der Waals surface area (Å²) in [6, 6.07) is 5.25. The van der Waals surface area contributed by atoms with Crippen molar-refractivity contribution in [2.45, 2.75) is 18.9 Å². The quantitative estimate of drug-likeness (QED) is 0.849. The minimum absolute atomic E-state index is 0.234. The Bertz CT molecular complexity index is 484. The molecular weight excluding hydrogens is 246 g/mol. The summed E-state index contributed by atoms with van der Waals surface area (Å²) in [4.78, 5) is 12.1. The summed E-state index contributed by atoms with van der Waals surface area (Å²) < 4.78 is 10.9. The molecule has 1 aliphatic carbocycles. The minimum atomic E-state index is -0.444. The second-order valence-electron chi connectivity index (χ2n) is 4.94. The van der Waals surface area contributed by atoms with E-state index in [1.807, 2.05) is 0 Å². The molecule has 5 nitrogen and oxygen atoms in total. The molecule has 1 atom stereocenters. The largest absolute Gasteiger partial charge is 0.486 e. The fourth-order valence-electron chi connectivity index (χ4n) is 2.19. The van der Waals surface area contributed by atoms with Crippen molar-refractivity contribution in [2.24, 2.45) is 5.92 Å². The third kappa shape index (κ3) is 2.66. The molecule has 0 bridgehead atoms. The van der Waals surface area contributed by atoms with Crippen molar-refractivity contribution in [3.63, 3.8) is 0 Å². The summed E-state index contributed by atoms with van der Waals surface area (Å²) in [6.45, 7) is 1.23. The lowest BCUT2D eigenvalue weighted by atomic mass is 10.1. The Balaban J connectivity index is 1.68. The van der Waals surface area contributed by atoms with Crippen LogP contribution < -0.4 is 14.8 Å². The van der Waals surface area contributed by atoms with Gasteiger partial charge in [-0.25, -0.2) is 0 Å². The normalized spacial score (nSPS) is 18.8. The first kappa shape index (κ1) is 12.3. The Kier molecular flexibility index (Phi) is 3.29. The van der Waals surface area contributed by atoms with Gasteiger partial charge in [0.25, 0.3) is 5.91 Å². The van der Waals surface area contributed by atoms with Gasteiger partial charge in [-0.1, -0.05) is 6.07 Å². The maximum atomic E-state index is 12.1. The van der Waals surface area contributed by atoms with Crippen LogP contribution >= 0.6 is 0 Å². The van der Waals surface area contributed by atoms with E-state index in [1.165, 1.54) is 0 Å². The van der Waals surface area contributed by atoms with Crippen molar-refractivity contribution >= 4 is 5.91 Å². The van der Waals surface area contributed by atoms with Crippen LogP contribution in [0.3, 0.4) is 0 Å². The minimum Gasteiger partial charge on any atom is -0.486 e. The zero-order valence-electron chi connectivity index (χ0n) is 10.6. The zero-order valence-corrected chi connectivity index (χ0v) is 10.6. The van der Waals surface area contributed by atoms with Crippen LogP contribution in [0.5, 0.6) is 11.5 Å². The molecule has 102 valence electrons. The van der Waals surface area contributed by atoms with Gasteiger partial charge in [-0.2, -0.15) is 0 Å². The molecule has 1 unspecified atom stereocenters. The SMILES string of the molecule is O=C(NCC(O)C1CC1)c1cccc2c1OCCO2. The molecule has 5 heteroatoms. The highest BCUT2D eigenvalue weighted by molar-refractivity contribution is 5.97. The summed E-state index contributed by atoms with van der Waals surface area (Å²) in [5, 5.41) is 12.5. The number of benzene rings is 1. The molecule has 2 aliphatic rings. The van der Waals surface area contributed by atoms with Crippen LogP contribution in [0.1, 0.15) is 23.2 Å². The van der Waals surface area contributed by atoms with Gasteiger partial charge in [0, 0.05) is 6.54 Å². The van der Waals surface area contributed by atoms with Crippen LogP contribution in [-0.4, -0.2) is 36.9 Å². The second-order valence-corrected chi connectivity index (χ2v) is 4.94. The molecule has 0 spiro atoms. The first-order valence-corrected chi connectivity index (χ1v) is 6.60. The van der Waals surface area contributed by atoms with Gasteiger partial charge in [-0.15, -0.1) is 0 Å². The highest BCUT2D eigenvalue weighted by Gasteiger charge is 2.30. The van der Waals surface area contributed by atoms with Gasteiger partial charge < -0.3 is 19.9 Å². The average molecular weight is 263 g/mol. The Hall–Kier alpha value is -1.75. The average Bonchev–Trinajstić information content (AvgIpc) is 3.28. The molecule has 1 heterocycles. The Morgan fingerprint density at radius 1 is 1.37 bits per heavy atom. The molecule has 1 amide bonds. The molecule has 19 heavy (non-hydrogen) atoms. The number of hydrogen-bond donors (Lipinski definition) is 2. The van der Waals surface area contributed by atoms with Crippen LogP contribution in [0.25, 0.3) is 0 Å². The van der Waals surface area contributed by atoms with Crippen LogP contribution in [0, 0.1) is 5.92 Å². The first-order valence-electron chi connectivity index (χ1n) is 6.60. The van der Waals surface area contributed by atoms with Crippen LogP contribution in [0.15, 0.2) is 18.2 Å². The van der Waals surface area contributed by atoms with E-state index in [-0.39, 0.29) is 12.5 Å². The van der Waals surface area contributed by atoms with Gasteiger partial charge in [-0.3, -0.25) is 4.79 Å². The number of nitrogens with one attached hydrogen (secondary N) is 1. The molecular formula is C14H17NO4. The summed E-state index contributed by atoms with van der Waals surface area (Å²) in [5.41, 5.74) is 0.459. The summed E-state index contributed by atoms with van der Waals surface area (Å²) in [7, 11) is 0. The number of aliphatic hydroxyl groups is 1. The highest BCUT2D eigenvalue weighted by Crippen LogP contribution is 2.34. The Morgan fingerprint density at radius 2 is 2.16 bits per heavy atom. The van der Waals surface area contributed by atoms with Crippen molar-refractivity contribution in [3.8, 4) is 11.5 Å². The summed E-state index contributed by atoms with van der Waals surface area (Å²) in [6.07, 6.45) is 1.66. The predicted octanol–water partition coefficient (Wildman–Crippen LogP) is 0.958. The summed E-state index contributed by atoms with van der Waals surface area (Å²) in [5.74, 6) is 1.21. The van der Waals surface area contributed by atoms with Gasteiger partial charge >= 0.3 is 0 Å². The zero-order chi connectivity index (χ0) is 13.2. The van der Waals surface area contributed by atoms with E-state index in [0.717, 1.165) is 12.8 Å². The molecule has 0 radical (unpaired) electrons.